The predicted octanol–water partition coefficient (Wildman–Crippen LogP) is 5.48. The highest BCUT2D eigenvalue weighted by Gasteiger charge is 2.32. The topological polar surface area (TPSA) is 137 Å². The molecule has 0 saturated carbocycles. The van der Waals surface area contributed by atoms with Gasteiger partial charge in [0, 0.05) is 30.8 Å². The Bertz CT molecular complexity index is 1670. The van der Waals surface area contributed by atoms with E-state index in [1.807, 2.05) is 32.9 Å². The number of benzene rings is 2. The third-order valence-corrected chi connectivity index (χ3v) is 6.92. The number of nitrogens with zero attached hydrogens (tertiary/aromatic N) is 5. The molecule has 2 amide bonds. The average Bonchev–Trinajstić information content (AvgIpc) is 3.36. The van der Waals surface area contributed by atoms with Crippen LogP contribution in [0.1, 0.15) is 55.6 Å². The Balaban J connectivity index is 1.33. The predicted molar refractivity (Wildman–Crippen MR) is 156 cm³/mol. The van der Waals surface area contributed by atoms with Crippen LogP contribution >= 0.6 is 0 Å². The van der Waals surface area contributed by atoms with Crippen LogP contribution < -0.4 is 15.8 Å². The Labute approximate surface area is 251 Å². The highest BCUT2D eigenvalue weighted by Crippen LogP contribution is 2.34. The van der Waals surface area contributed by atoms with Crippen LogP contribution in [0.3, 0.4) is 0 Å². The molecule has 0 bridgehead atoms. The van der Waals surface area contributed by atoms with Crippen LogP contribution in [0.2, 0.25) is 0 Å². The molecule has 1 saturated heterocycles. The van der Waals surface area contributed by atoms with Gasteiger partial charge in [-0.05, 0) is 57.4 Å². The summed E-state index contributed by atoms with van der Waals surface area (Å²) in [6.45, 7) is 6.60. The number of piperidine rings is 1. The molecule has 0 spiro atoms. The van der Waals surface area contributed by atoms with Crippen molar-refractivity contribution in [3.63, 3.8) is 0 Å². The number of ether oxygens (including phenoxy) is 2. The molecule has 1 atom stereocenters. The molecule has 232 valence electrons. The summed E-state index contributed by atoms with van der Waals surface area (Å²) in [6.07, 6.45) is -2.31. The zero-order valence-corrected chi connectivity index (χ0v) is 24.4. The maximum atomic E-state index is 12.8. The number of anilines is 1. The van der Waals surface area contributed by atoms with E-state index in [0.717, 1.165) is 36.1 Å². The van der Waals surface area contributed by atoms with Crippen LogP contribution in [0.5, 0.6) is 5.75 Å². The van der Waals surface area contributed by atoms with E-state index >= 15 is 0 Å². The summed E-state index contributed by atoms with van der Waals surface area (Å²) in [6, 6.07) is 12.0. The van der Waals surface area contributed by atoms with E-state index in [9.17, 15) is 22.8 Å². The number of halogens is 3. The van der Waals surface area contributed by atoms with Crippen molar-refractivity contribution in [1.82, 2.24) is 30.0 Å². The molecule has 2 aromatic heterocycles. The van der Waals surface area contributed by atoms with Crippen LogP contribution in [0.25, 0.3) is 22.3 Å². The normalized spacial score (nSPS) is 15.7. The van der Waals surface area contributed by atoms with Gasteiger partial charge in [-0.15, -0.1) is 13.2 Å². The van der Waals surface area contributed by atoms with Crippen molar-refractivity contribution in [2.24, 2.45) is 0 Å². The average molecular weight is 612 g/mol. The van der Waals surface area contributed by atoms with Gasteiger partial charge < -0.3 is 25.4 Å². The number of nitrogens with one attached hydrogen (secondary N) is 1. The molecule has 1 aliphatic rings. The minimum Gasteiger partial charge on any atom is -0.444 e. The number of amides is 2. The lowest BCUT2D eigenvalue weighted by Gasteiger charge is -2.34. The van der Waals surface area contributed by atoms with Crippen molar-refractivity contribution in [2.75, 3.05) is 18.8 Å². The summed E-state index contributed by atoms with van der Waals surface area (Å²) in [5.41, 5.74) is 8.32. The number of nitrogens with two attached hydrogens (primary N) is 1. The number of likely N-dealkylation sites (tertiary alicyclic amines) is 1. The molecule has 1 fully saturated rings. The van der Waals surface area contributed by atoms with Crippen molar-refractivity contribution in [3.8, 4) is 17.0 Å². The monoisotopic (exact) mass is 611 g/mol. The van der Waals surface area contributed by atoms with Gasteiger partial charge in [-0.25, -0.2) is 19.4 Å². The minimum atomic E-state index is -4.86. The van der Waals surface area contributed by atoms with Gasteiger partial charge >= 0.3 is 12.5 Å². The van der Waals surface area contributed by atoms with E-state index in [-0.39, 0.29) is 30.1 Å². The van der Waals surface area contributed by atoms with Crippen LogP contribution in [-0.2, 0) is 11.3 Å². The van der Waals surface area contributed by atoms with Gasteiger partial charge in [-0.2, -0.15) is 5.10 Å². The molecule has 3 N–H and O–H groups in total. The Hall–Kier alpha value is -4.88. The zero-order valence-electron chi connectivity index (χ0n) is 24.4. The van der Waals surface area contributed by atoms with E-state index in [1.54, 1.807) is 21.7 Å². The van der Waals surface area contributed by atoms with Crippen molar-refractivity contribution < 1.29 is 32.2 Å². The van der Waals surface area contributed by atoms with Crippen LogP contribution in [0.15, 0.2) is 54.9 Å². The van der Waals surface area contributed by atoms with E-state index < -0.39 is 23.6 Å². The SMILES string of the molecule is CC(C)(C)OC(=O)N1CCC[C@@H](n2nc(-c3ccc(CNC(=O)c4cccc(OC(F)(F)F)c4)cc3)c3c(N)ncnc32)C1. The number of carbonyl (C=O) groups is 2. The maximum Gasteiger partial charge on any atom is 0.573 e. The van der Waals surface area contributed by atoms with Crippen molar-refractivity contribution >= 4 is 28.9 Å². The zero-order chi connectivity index (χ0) is 31.6. The van der Waals surface area contributed by atoms with Gasteiger partial charge in [-0.3, -0.25) is 4.79 Å². The number of hydrogen-bond acceptors (Lipinski definition) is 8. The summed E-state index contributed by atoms with van der Waals surface area (Å²) < 4.78 is 48.9. The van der Waals surface area contributed by atoms with Crippen molar-refractivity contribution in [1.29, 1.82) is 0 Å². The number of hydrogen-bond donors (Lipinski definition) is 2. The van der Waals surface area contributed by atoms with Crippen LogP contribution in [-0.4, -0.2) is 61.7 Å². The van der Waals surface area contributed by atoms with E-state index in [4.69, 9.17) is 15.6 Å². The molecule has 11 nitrogen and oxygen atoms in total. The third kappa shape index (κ3) is 7.18. The smallest absolute Gasteiger partial charge is 0.444 e. The quantitative estimate of drug-likeness (QED) is 0.293. The first-order valence-electron chi connectivity index (χ1n) is 14.0. The molecule has 44 heavy (non-hydrogen) atoms. The van der Waals surface area contributed by atoms with E-state index in [2.05, 4.69) is 20.0 Å². The lowest BCUT2D eigenvalue weighted by Crippen LogP contribution is -2.43. The van der Waals surface area contributed by atoms with Gasteiger partial charge in [0.15, 0.2) is 5.65 Å². The molecule has 5 rings (SSSR count). The number of carbonyl (C=O) groups excluding carboxylic acids is 2. The lowest BCUT2D eigenvalue weighted by atomic mass is 10.1. The van der Waals surface area contributed by atoms with Crippen LogP contribution in [0, 0.1) is 0 Å². The van der Waals surface area contributed by atoms with Gasteiger partial charge in [0.2, 0.25) is 0 Å². The van der Waals surface area contributed by atoms with E-state index in [0.29, 0.717) is 29.8 Å². The van der Waals surface area contributed by atoms with Gasteiger partial charge in [0.25, 0.3) is 5.91 Å². The molecule has 0 aliphatic carbocycles. The summed E-state index contributed by atoms with van der Waals surface area (Å²) in [5, 5.41) is 8.17. The lowest BCUT2D eigenvalue weighted by molar-refractivity contribution is -0.274. The van der Waals surface area contributed by atoms with Crippen LogP contribution in [0.4, 0.5) is 23.8 Å². The highest BCUT2D eigenvalue weighted by atomic mass is 19.4. The first-order chi connectivity index (χ1) is 20.8. The fourth-order valence-corrected chi connectivity index (χ4v) is 5.00. The Morgan fingerprint density at radius 1 is 1.09 bits per heavy atom. The molecule has 14 heteroatoms. The Kier molecular flexibility index (Phi) is 8.35. The minimum absolute atomic E-state index is 0.0313. The fraction of sp³-hybridized carbons (Fsp3) is 0.367. The Morgan fingerprint density at radius 2 is 1.84 bits per heavy atom. The third-order valence-electron chi connectivity index (χ3n) is 6.92. The molecule has 4 aromatic rings. The number of fused-ring (bicyclic) bond motifs is 1. The highest BCUT2D eigenvalue weighted by molar-refractivity contribution is 5.98. The van der Waals surface area contributed by atoms with Crippen molar-refractivity contribution in [3.05, 3.63) is 66.0 Å². The van der Waals surface area contributed by atoms with Gasteiger partial charge in [0.05, 0.1) is 11.4 Å². The molecule has 1 aliphatic heterocycles. The fourth-order valence-electron chi connectivity index (χ4n) is 5.00. The first-order valence-corrected chi connectivity index (χ1v) is 14.0. The summed E-state index contributed by atoms with van der Waals surface area (Å²) >= 11 is 0. The summed E-state index contributed by atoms with van der Waals surface area (Å²) in [4.78, 5) is 35.7. The molecule has 0 radical (unpaired) electrons. The number of nitrogen functional groups attached to an aromatic ring is 1. The second-order valence-electron chi connectivity index (χ2n) is 11.4. The second-order valence-corrected chi connectivity index (χ2v) is 11.4. The summed E-state index contributed by atoms with van der Waals surface area (Å²) in [5.74, 6) is -0.761. The van der Waals surface area contributed by atoms with Gasteiger partial charge in [-0.1, -0.05) is 30.3 Å². The number of rotatable bonds is 6. The number of aromatic nitrogens is 4. The standard InChI is InChI=1S/C30H32F3N7O4/c1-29(2,3)44-28(42)39-13-5-7-21(16-39)40-26-23(25(34)36-17-37-26)24(38-40)19-11-9-18(10-12-19)15-35-27(41)20-6-4-8-22(14-20)43-30(31,32)33/h4,6,8-12,14,17,21H,5,7,13,15-16H2,1-3H3,(H,35,41)(H2,34,36,37)/t21-/m1/s1. The maximum absolute atomic E-state index is 12.8. The molecular weight excluding hydrogens is 579 g/mol. The van der Waals surface area contributed by atoms with Crippen molar-refractivity contribution in [2.45, 2.75) is 58.2 Å². The molecule has 3 heterocycles. The van der Waals surface area contributed by atoms with E-state index in [1.165, 1.54) is 18.5 Å². The molecular formula is C30H32F3N7O4. The first kappa shape index (κ1) is 30.6. The molecule has 0 unspecified atom stereocenters. The molecule has 2 aromatic carbocycles. The largest absolute Gasteiger partial charge is 0.573 e. The van der Waals surface area contributed by atoms with Gasteiger partial charge in [0.1, 0.15) is 29.2 Å². The number of alkyl halides is 3. The Morgan fingerprint density at radius 3 is 2.55 bits per heavy atom. The second kappa shape index (κ2) is 12.0. The summed E-state index contributed by atoms with van der Waals surface area (Å²) in [7, 11) is 0.